The average Bonchev–Trinajstić information content (AvgIpc) is 3.08. The Hall–Kier alpha value is -3.59. The summed E-state index contributed by atoms with van der Waals surface area (Å²) < 4.78 is 19.9. The van der Waals surface area contributed by atoms with E-state index in [-0.39, 0.29) is 19.5 Å². The molecular weight excluding hydrogens is 377 g/mol. The highest BCUT2D eigenvalue weighted by Crippen LogP contribution is 2.30. The average molecular weight is 397 g/mol. The van der Waals surface area contributed by atoms with Crippen LogP contribution in [0.15, 0.2) is 30.0 Å². The molecule has 0 saturated carbocycles. The summed E-state index contributed by atoms with van der Waals surface area (Å²) in [6.45, 7) is 8.43. The fourth-order valence-corrected chi connectivity index (χ4v) is 3.38. The second-order valence-corrected chi connectivity index (χ2v) is 6.79. The molecule has 2 aliphatic heterocycles. The van der Waals surface area contributed by atoms with E-state index in [1.165, 1.54) is 17.2 Å². The summed E-state index contributed by atoms with van der Waals surface area (Å²) in [5, 5.41) is 11.0. The van der Waals surface area contributed by atoms with Crippen LogP contribution in [0.2, 0.25) is 0 Å². The fourth-order valence-electron chi connectivity index (χ4n) is 3.38. The van der Waals surface area contributed by atoms with Crippen molar-refractivity contribution in [3.63, 3.8) is 0 Å². The maximum absolute atomic E-state index is 14.7. The Morgan fingerprint density at radius 1 is 1.45 bits per heavy atom. The highest BCUT2D eigenvalue weighted by molar-refractivity contribution is 5.90. The molecule has 3 rings (SSSR count). The molecule has 1 atom stereocenters. The molecule has 29 heavy (non-hydrogen) atoms. The van der Waals surface area contributed by atoms with Crippen LogP contribution < -0.4 is 15.1 Å². The molecule has 0 spiro atoms. The molecule has 2 amide bonds. The van der Waals surface area contributed by atoms with E-state index in [2.05, 4.69) is 10.2 Å². The summed E-state index contributed by atoms with van der Waals surface area (Å²) in [5.74, 6) is -0.869. The molecule has 8 nitrogen and oxygen atoms in total. The molecule has 1 N–H and O–H groups in total. The Morgan fingerprint density at radius 2 is 2.21 bits per heavy atom. The third kappa shape index (κ3) is 4.82. The van der Waals surface area contributed by atoms with Crippen molar-refractivity contribution in [2.24, 2.45) is 0 Å². The van der Waals surface area contributed by atoms with E-state index < -0.39 is 23.9 Å². The van der Waals surface area contributed by atoms with Gasteiger partial charge in [-0.15, -0.1) is 0 Å². The van der Waals surface area contributed by atoms with Gasteiger partial charge in [-0.25, -0.2) is 14.0 Å². The first-order valence-electron chi connectivity index (χ1n) is 9.22. The summed E-state index contributed by atoms with van der Waals surface area (Å²) in [7, 11) is 0. The van der Waals surface area contributed by atoms with Gasteiger partial charge in [0.05, 0.1) is 37.1 Å². The van der Waals surface area contributed by atoms with Gasteiger partial charge in [-0.1, -0.05) is 5.57 Å². The summed E-state index contributed by atoms with van der Waals surface area (Å²) >= 11 is 0. The normalized spacial score (nSPS) is 18.7. The van der Waals surface area contributed by atoms with Crippen LogP contribution in [0.25, 0.3) is 4.85 Å². The summed E-state index contributed by atoms with van der Waals surface area (Å²) in [5.41, 5.74) is 1.91. The zero-order valence-corrected chi connectivity index (χ0v) is 15.7. The van der Waals surface area contributed by atoms with Crippen molar-refractivity contribution < 1.29 is 18.7 Å². The smallest absolute Gasteiger partial charge is 0.414 e. The molecule has 2 fully saturated rings. The first-order valence-corrected chi connectivity index (χ1v) is 9.22. The van der Waals surface area contributed by atoms with Crippen molar-refractivity contribution in [2.45, 2.75) is 25.4 Å². The molecule has 0 aliphatic carbocycles. The number of hydrogen-bond acceptors (Lipinski definition) is 5. The van der Waals surface area contributed by atoms with Crippen molar-refractivity contribution in [3.05, 3.63) is 47.2 Å². The van der Waals surface area contributed by atoms with Gasteiger partial charge >= 0.3 is 6.09 Å². The Labute approximate surface area is 168 Å². The Balaban J connectivity index is 1.62. The lowest BCUT2D eigenvalue weighted by Gasteiger charge is -2.31. The van der Waals surface area contributed by atoms with Crippen LogP contribution in [0.3, 0.4) is 0 Å². The lowest BCUT2D eigenvalue weighted by atomic mass is 10.0. The number of rotatable bonds is 5. The lowest BCUT2D eigenvalue weighted by molar-refractivity contribution is -0.120. The second kappa shape index (κ2) is 9.07. The van der Waals surface area contributed by atoms with Gasteiger partial charge in [0.15, 0.2) is 6.20 Å². The Kier molecular flexibility index (Phi) is 6.30. The van der Waals surface area contributed by atoms with Gasteiger partial charge in [-0.3, -0.25) is 9.69 Å². The second-order valence-electron chi connectivity index (χ2n) is 6.79. The maximum atomic E-state index is 14.7. The first-order chi connectivity index (χ1) is 14.0. The van der Waals surface area contributed by atoms with E-state index in [1.807, 2.05) is 4.90 Å². The number of ether oxygens (including phenoxy) is 1. The van der Waals surface area contributed by atoms with Crippen LogP contribution in [-0.4, -0.2) is 44.3 Å². The van der Waals surface area contributed by atoms with E-state index >= 15 is 0 Å². The number of carbonyl (C=O) groups excluding carboxylic acids is 2. The zero-order chi connectivity index (χ0) is 20.8. The molecule has 9 heteroatoms. The largest absolute Gasteiger partial charge is 0.442 e. The van der Waals surface area contributed by atoms with Gasteiger partial charge in [-0.05, 0) is 31.0 Å². The third-order valence-electron chi connectivity index (χ3n) is 4.88. The molecule has 2 aliphatic rings. The summed E-state index contributed by atoms with van der Waals surface area (Å²) in [6, 6.07) is 6.35. The predicted molar refractivity (Wildman–Crippen MR) is 103 cm³/mol. The van der Waals surface area contributed by atoms with Crippen LogP contribution in [0, 0.1) is 23.7 Å². The molecule has 0 radical (unpaired) electrons. The van der Waals surface area contributed by atoms with Gasteiger partial charge in [0, 0.05) is 13.1 Å². The van der Waals surface area contributed by atoms with E-state index in [4.69, 9.17) is 16.6 Å². The number of anilines is 2. The number of hydrogen-bond donors (Lipinski definition) is 1. The number of amides is 2. The molecule has 0 bridgehead atoms. The van der Waals surface area contributed by atoms with Gasteiger partial charge < -0.3 is 15.0 Å². The van der Waals surface area contributed by atoms with Crippen LogP contribution in [0.1, 0.15) is 19.3 Å². The van der Waals surface area contributed by atoms with E-state index in [9.17, 15) is 14.0 Å². The van der Waals surface area contributed by atoms with Crippen LogP contribution in [-0.2, 0) is 9.53 Å². The molecular formula is C20H20FN5O3. The molecule has 1 aromatic rings. The van der Waals surface area contributed by atoms with Crippen molar-refractivity contribution in [2.75, 3.05) is 36.0 Å². The Morgan fingerprint density at radius 3 is 2.86 bits per heavy atom. The molecule has 0 unspecified atom stereocenters. The number of benzene rings is 1. The Bertz CT molecular complexity index is 908. The zero-order valence-electron chi connectivity index (χ0n) is 15.7. The number of halogens is 1. The summed E-state index contributed by atoms with van der Waals surface area (Å²) in [4.78, 5) is 30.0. The van der Waals surface area contributed by atoms with Gasteiger partial charge in [0.25, 0.3) is 0 Å². The SMILES string of the molecule is [C-]#[N+]C=C1CCN(c2ccc(N3C[C@H](CNC(=O)CC#N)OC3=O)cc2F)CC1. The van der Waals surface area contributed by atoms with Crippen LogP contribution >= 0.6 is 0 Å². The topological polar surface area (TPSA) is 90.0 Å². The molecule has 0 aromatic heterocycles. The molecule has 2 saturated heterocycles. The standard InChI is InChI=1S/C20H20FN5O3/c1-23-11-14-5-8-25(9-6-14)18-3-2-15(10-17(18)21)26-13-16(29-20(26)28)12-24-19(27)4-7-22/h2-3,10-11,16H,4-6,8-9,12-13H2,(H,24,27)/t16-/m0/s1. The van der Waals surface area contributed by atoms with E-state index in [0.717, 1.165) is 18.4 Å². The number of nitrogens with one attached hydrogen (secondary N) is 1. The van der Waals surface area contributed by atoms with E-state index in [0.29, 0.717) is 24.5 Å². The van der Waals surface area contributed by atoms with Gasteiger partial charge in [0.1, 0.15) is 18.3 Å². The number of nitriles is 1. The van der Waals surface area contributed by atoms with Gasteiger partial charge in [-0.2, -0.15) is 5.26 Å². The summed E-state index contributed by atoms with van der Waals surface area (Å²) in [6.07, 6.45) is 1.55. The number of piperidine rings is 1. The van der Waals surface area contributed by atoms with Crippen molar-refractivity contribution in [3.8, 4) is 6.07 Å². The fraction of sp³-hybridized carbons (Fsp3) is 0.400. The third-order valence-corrected chi connectivity index (χ3v) is 4.88. The van der Waals surface area contributed by atoms with Crippen LogP contribution in [0.5, 0.6) is 0 Å². The monoisotopic (exact) mass is 397 g/mol. The minimum Gasteiger partial charge on any atom is -0.442 e. The maximum Gasteiger partial charge on any atom is 0.414 e. The predicted octanol–water partition coefficient (Wildman–Crippen LogP) is 2.58. The van der Waals surface area contributed by atoms with Crippen LogP contribution in [0.4, 0.5) is 20.6 Å². The minimum absolute atomic E-state index is 0.0948. The van der Waals surface area contributed by atoms with Crippen molar-refractivity contribution >= 4 is 23.4 Å². The van der Waals surface area contributed by atoms with E-state index in [1.54, 1.807) is 18.2 Å². The van der Waals surface area contributed by atoms with Crippen molar-refractivity contribution in [1.82, 2.24) is 5.32 Å². The number of cyclic esters (lactones) is 1. The minimum atomic E-state index is -0.608. The quantitative estimate of drug-likeness (QED) is 0.772. The molecule has 2 heterocycles. The molecule has 150 valence electrons. The lowest BCUT2D eigenvalue weighted by Crippen LogP contribution is -2.34. The number of nitrogens with zero attached hydrogens (tertiary/aromatic N) is 4. The number of carbonyl (C=O) groups is 2. The first kappa shape index (κ1) is 20.2. The van der Waals surface area contributed by atoms with Gasteiger partial charge in [0.2, 0.25) is 5.91 Å². The van der Waals surface area contributed by atoms with Crippen molar-refractivity contribution in [1.29, 1.82) is 5.26 Å². The highest BCUT2D eigenvalue weighted by atomic mass is 19.1. The molecule has 1 aromatic carbocycles. The highest BCUT2D eigenvalue weighted by Gasteiger charge is 2.33.